The zero-order valence-electron chi connectivity index (χ0n) is 8.15. The maximum absolute atomic E-state index is 13.1. The maximum atomic E-state index is 13.1. The molecule has 0 saturated carbocycles. The van der Waals surface area contributed by atoms with Crippen molar-refractivity contribution in [2.45, 2.75) is 0 Å². The monoisotopic (exact) mass is 309 g/mol. The van der Waals surface area contributed by atoms with Gasteiger partial charge in [-0.15, -0.1) is 0 Å². The summed E-state index contributed by atoms with van der Waals surface area (Å²) in [4.78, 5) is 3.70. The largest absolute Gasteiger partial charge is 0.241 e. The highest BCUT2D eigenvalue weighted by Crippen LogP contribution is 2.39. The number of benzene rings is 1. The summed E-state index contributed by atoms with van der Waals surface area (Å²) in [6.45, 7) is 0. The van der Waals surface area contributed by atoms with Crippen LogP contribution < -0.4 is 0 Å². The summed E-state index contributed by atoms with van der Waals surface area (Å²) in [5.74, 6) is -0.522. The summed E-state index contributed by atoms with van der Waals surface area (Å²) in [6.07, 6.45) is 1.02. The Hall–Kier alpha value is -0.540. The zero-order valence-corrected chi connectivity index (χ0v) is 11.2. The minimum atomic E-state index is -0.522. The Morgan fingerprint density at radius 1 is 0.941 bits per heavy atom. The van der Waals surface area contributed by atoms with Crippen LogP contribution in [-0.2, 0) is 0 Å². The number of rotatable bonds is 1. The molecule has 0 radical (unpaired) electrons. The van der Waals surface area contributed by atoms with Gasteiger partial charge < -0.3 is 0 Å². The molecule has 2 aromatic rings. The lowest BCUT2D eigenvalue weighted by Gasteiger charge is -2.09. The Bertz CT molecular complexity index is 563. The van der Waals surface area contributed by atoms with Crippen molar-refractivity contribution in [1.82, 2.24) is 4.98 Å². The van der Waals surface area contributed by atoms with E-state index < -0.39 is 5.82 Å². The Balaban J connectivity index is 2.72. The van der Waals surface area contributed by atoms with Crippen LogP contribution in [0.5, 0.6) is 0 Å². The lowest BCUT2D eigenvalue weighted by molar-refractivity contribution is 0.622. The van der Waals surface area contributed by atoms with Gasteiger partial charge >= 0.3 is 0 Å². The smallest absolute Gasteiger partial charge is 0.142 e. The molecule has 0 aliphatic heterocycles. The minimum absolute atomic E-state index is 0.123. The quantitative estimate of drug-likeness (QED) is 0.634. The van der Waals surface area contributed by atoms with Gasteiger partial charge in [0.15, 0.2) is 0 Å². The van der Waals surface area contributed by atoms with E-state index in [0.29, 0.717) is 16.1 Å². The van der Waals surface area contributed by atoms with Crippen LogP contribution in [0, 0.1) is 5.82 Å². The van der Waals surface area contributed by atoms with Gasteiger partial charge in [-0.3, -0.25) is 0 Å². The molecule has 0 spiro atoms. The Labute approximate surface area is 117 Å². The van der Waals surface area contributed by atoms with Crippen molar-refractivity contribution in [3.8, 4) is 11.1 Å². The molecule has 0 unspecified atom stereocenters. The summed E-state index contributed by atoms with van der Waals surface area (Å²) in [7, 11) is 0. The van der Waals surface area contributed by atoms with E-state index in [0.717, 1.165) is 6.20 Å². The molecule has 0 bridgehead atoms. The third-order valence-corrected chi connectivity index (χ3v) is 3.20. The molecular formula is C11H4Cl4FN. The third-order valence-electron chi connectivity index (χ3n) is 2.08. The molecule has 17 heavy (non-hydrogen) atoms. The van der Waals surface area contributed by atoms with E-state index in [2.05, 4.69) is 4.98 Å². The Morgan fingerprint density at radius 3 is 2.12 bits per heavy atom. The second kappa shape index (κ2) is 4.99. The highest BCUT2D eigenvalue weighted by molar-refractivity contribution is 6.43. The van der Waals surface area contributed by atoms with Gasteiger partial charge in [0.25, 0.3) is 0 Å². The van der Waals surface area contributed by atoms with Crippen molar-refractivity contribution in [3.63, 3.8) is 0 Å². The van der Waals surface area contributed by atoms with Crippen LogP contribution in [0.3, 0.4) is 0 Å². The van der Waals surface area contributed by atoms with Crippen molar-refractivity contribution in [2.75, 3.05) is 0 Å². The minimum Gasteiger partial charge on any atom is -0.241 e. The van der Waals surface area contributed by atoms with Crippen LogP contribution >= 0.6 is 46.4 Å². The lowest BCUT2D eigenvalue weighted by Crippen LogP contribution is -1.88. The van der Waals surface area contributed by atoms with Gasteiger partial charge in [-0.1, -0.05) is 46.4 Å². The fraction of sp³-hybridized carbons (Fsp3) is 0. The van der Waals surface area contributed by atoms with E-state index >= 15 is 0 Å². The zero-order chi connectivity index (χ0) is 12.6. The molecule has 6 heteroatoms. The molecule has 0 aliphatic carbocycles. The lowest BCUT2D eigenvalue weighted by atomic mass is 10.1. The molecule has 0 aliphatic rings. The average Bonchev–Trinajstić information content (AvgIpc) is 2.21. The number of hydrogen-bond acceptors (Lipinski definition) is 1. The number of hydrogen-bond donors (Lipinski definition) is 0. The predicted octanol–water partition coefficient (Wildman–Crippen LogP) is 5.50. The van der Waals surface area contributed by atoms with E-state index in [-0.39, 0.29) is 15.2 Å². The third kappa shape index (κ3) is 2.66. The van der Waals surface area contributed by atoms with Crippen molar-refractivity contribution < 1.29 is 4.39 Å². The summed E-state index contributed by atoms with van der Waals surface area (Å²) < 4.78 is 13.1. The van der Waals surface area contributed by atoms with E-state index in [1.807, 2.05) is 0 Å². The van der Waals surface area contributed by atoms with Crippen LogP contribution in [0.1, 0.15) is 0 Å². The fourth-order valence-electron chi connectivity index (χ4n) is 1.40. The molecule has 0 amide bonds. The van der Waals surface area contributed by atoms with Crippen LogP contribution in [0.2, 0.25) is 20.2 Å². The predicted molar refractivity (Wildman–Crippen MR) is 69.7 cm³/mol. The maximum Gasteiger partial charge on any atom is 0.142 e. The summed E-state index contributed by atoms with van der Waals surface area (Å²) >= 11 is 23.7. The van der Waals surface area contributed by atoms with Crippen molar-refractivity contribution in [1.29, 1.82) is 0 Å². The second-order valence-corrected chi connectivity index (χ2v) is 4.85. The fourth-order valence-corrected chi connectivity index (χ4v) is 2.62. The first-order valence-corrected chi connectivity index (χ1v) is 5.96. The van der Waals surface area contributed by atoms with Crippen molar-refractivity contribution in [2.24, 2.45) is 0 Å². The molecule has 0 fully saturated rings. The molecule has 0 saturated heterocycles. The first kappa shape index (κ1) is 12.9. The van der Waals surface area contributed by atoms with Gasteiger partial charge in [0.2, 0.25) is 0 Å². The molecule has 1 heterocycles. The number of halogens is 5. The molecular weight excluding hydrogens is 307 g/mol. The van der Waals surface area contributed by atoms with Gasteiger partial charge in [0.05, 0.1) is 16.2 Å². The number of aromatic nitrogens is 1. The molecule has 1 aromatic heterocycles. The summed E-state index contributed by atoms with van der Waals surface area (Å²) in [6, 6.07) is 4.23. The molecule has 1 nitrogen and oxygen atoms in total. The van der Waals surface area contributed by atoms with E-state index in [1.54, 1.807) is 0 Å². The van der Waals surface area contributed by atoms with Crippen LogP contribution in [0.25, 0.3) is 11.1 Å². The average molecular weight is 311 g/mol. The Morgan fingerprint density at radius 2 is 1.53 bits per heavy atom. The first-order chi connectivity index (χ1) is 7.99. The van der Waals surface area contributed by atoms with E-state index in [4.69, 9.17) is 46.4 Å². The number of pyridine rings is 1. The first-order valence-electron chi connectivity index (χ1n) is 4.45. The molecule has 2 rings (SSSR count). The van der Waals surface area contributed by atoms with Crippen LogP contribution in [-0.4, -0.2) is 4.98 Å². The molecule has 88 valence electrons. The van der Waals surface area contributed by atoms with Crippen LogP contribution in [0.15, 0.2) is 24.4 Å². The SMILES string of the molecule is Fc1cnc(Cl)c(-c2c(Cl)cc(Cl)cc2Cl)c1. The molecule has 0 N–H and O–H groups in total. The summed E-state index contributed by atoms with van der Waals surface area (Å²) in [5, 5.41) is 1.09. The van der Waals surface area contributed by atoms with Crippen LogP contribution in [0.4, 0.5) is 4.39 Å². The van der Waals surface area contributed by atoms with Gasteiger partial charge in [0.1, 0.15) is 11.0 Å². The van der Waals surface area contributed by atoms with E-state index in [9.17, 15) is 4.39 Å². The van der Waals surface area contributed by atoms with E-state index in [1.165, 1.54) is 18.2 Å². The second-order valence-electron chi connectivity index (χ2n) is 3.24. The normalized spacial score (nSPS) is 10.6. The van der Waals surface area contributed by atoms with Gasteiger partial charge in [-0.05, 0) is 18.2 Å². The Kier molecular flexibility index (Phi) is 3.79. The topological polar surface area (TPSA) is 12.9 Å². The van der Waals surface area contributed by atoms with Crippen molar-refractivity contribution >= 4 is 46.4 Å². The number of nitrogens with zero attached hydrogens (tertiary/aromatic N) is 1. The summed E-state index contributed by atoms with van der Waals surface area (Å²) in [5.41, 5.74) is 0.744. The molecule has 0 atom stereocenters. The van der Waals surface area contributed by atoms with Gasteiger partial charge in [0, 0.05) is 16.1 Å². The van der Waals surface area contributed by atoms with Gasteiger partial charge in [-0.25, -0.2) is 9.37 Å². The highest BCUT2D eigenvalue weighted by atomic mass is 35.5. The molecule has 1 aromatic carbocycles. The van der Waals surface area contributed by atoms with Crippen molar-refractivity contribution in [3.05, 3.63) is 50.4 Å². The standard InChI is InChI=1S/C11H4Cl4FN/c12-5-1-8(13)10(9(14)2-5)7-3-6(16)4-17-11(7)15/h1-4H. The highest BCUT2D eigenvalue weighted by Gasteiger charge is 2.14. The van der Waals surface area contributed by atoms with Gasteiger partial charge in [-0.2, -0.15) is 0 Å².